The average molecular weight is 481 g/mol. The van der Waals surface area contributed by atoms with Crippen LogP contribution in [0, 0.1) is 28.6 Å². The van der Waals surface area contributed by atoms with Crippen LogP contribution in [0.25, 0.3) is 0 Å². The quantitative estimate of drug-likeness (QED) is 0.353. The van der Waals surface area contributed by atoms with Gasteiger partial charge in [-0.25, -0.2) is 0 Å². The summed E-state index contributed by atoms with van der Waals surface area (Å²) in [6.45, 7) is 8.96. The molecule has 194 valence electrons. The molecule has 10 atom stereocenters. The van der Waals surface area contributed by atoms with Gasteiger partial charge in [0.2, 0.25) is 0 Å². The number of hydrogen-bond donors (Lipinski definition) is 6. The second-order valence-corrected chi connectivity index (χ2v) is 13.2. The highest BCUT2D eigenvalue weighted by Crippen LogP contribution is 2.68. The molecular weight excluding hydrogens is 436 g/mol. The molecule has 3 saturated carbocycles. The molecule has 3 fully saturated rings. The van der Waals surface area contributed by atoms with E-state index < -0.39 is 45.9 Å². The van der Waals surface area contributed by atoms with Gasteiger partial charge >= 0.3 is 0 Å². The molecule has 4 rings (SSSR count). The van der Waals surface area contributed by atoms with Gasteiger partial charge in [-0.3, -0.25) is 4.79 Å². The lowest BCUT2D eigenvalue weighted by Gasteiger charge is -2.60. The lowest BCUT2D eigenvalue weighted by Crippen LogP contribution is -2.62. The van der Waals surface area contributed by atoms with Crippen molar-refractivity contribution in [3.8, 4) is 0 Å². The van der Waals surface area contributed by atoms with Gasteiger partial charge in [0, 0.05) is 11.3 Å². The minimum atomic E-state index is -1.46. The Balaban J connectivity index is 1.66. The maximum absolute atomic E-state index is 13.2. The number of rotatable bonds is 5. The monoisotopic (exact) mass is 480 g/mol. The Kier molecular flexibility index (Phi) is 6.24. The number of aliphatic hydroxyl groups is 6. The molecule has 0 amide bonds. The Bertz CT molecular complexity index is 860. The molecule has 4 aliphatic rings. The smallest absolute Gasteiger partial charge is 0.159 e. The largest absolute Gasteiger partial charge is 0.390 e. The average Bonchev–Trinajstić information content (AvgIpc) is 3.00. The van der Waals surface area contributed by atoms with E-state index in [0.29, 0.717) is 44.1 Å². The molecule has 0 aliphatic heterocycles. The molecule has 6 N–H and O–H groups in total. The van der Waals surface area contributed by atoms with Crippen LogP contribution in [0.1, 0.15) is 86.0 Å². The van der Waals surface area contributed by atoms with Crippen molar-refractivity contribution in [2.45, 2.75) is 121 Å². The van der Waals surface area contributed by atoms with Gasteiger partial charge in [-0.05, 0) is 101 Å². The van der Waals surface area contributed by atoms with Crippen molar-refractivity contribution in [1.82, 2.24) is 0 Å². The van der Waals surface area contributed by atoms with Crippen molar-refractivity contribution in [2.75, 3.05) is 0 Å². The zero-order valence-electron chi connectivity index (χ0n) is 21.3. The summed E-state index contributed by atoms with van der Waals surface area (Å²) in [5.74, 6) is -0.948. The van der Waals surface area contributed by atoms with Gasteiger partial charge in [0.05, 0.1) is 35.1 Å². The summed E-state index contributed by atoms with van der Waals surface area (Å²) in [7, 11) is 0. The zero-order valence-corrected chi connectivity index (χ0v) is 21.3. The van der Waals surface area contributed by atoms with E-state index in [4.69, 9.17) is 0 Å². The summed E-state index contributed by atoms with van der Waals surface area (Å²) < 4.78 is 0. The Morgan fingerprint density at radius 3 is 2.32 bits per heavy atom. The van der Waals surface area contributed by atoms with E-state index >= 15 is 0 Å². The van der Waals surface area contributed by atoms with Crippen LogP contribution in [0.15, 0.2) is 11.6 Å². The molecule has 34 heavy (non-hydrogen) atoms. The molecular formula is C27H44O7. The maximum atomic E-state index is 13.2. The molecule has 0 radical (unpaired) electrons. The van der Waals surface area contributed by atoms with Gasteiger partial charge in [-0.15, -0.1) is 0 Å². The first-order valence-corrected chi connectivity index (χ1v) is 12.9. The second-order valence-electron chi connectivity index (χ2n) is 13.2. The molecule has 0 bridgehead atoms. The first-order valence-electron chi connectivity index (χ1n) is 12.9. The van der Waals surface area contributed by atoms with Crippen LogP contribution in [-0.4, -0.2) is 71.5 Å². The van der Waals surface area contributed by atoms with Crippen LogP contribution in [-0.2, 0) is 4.79 Å². The zero-order chi connectivity index (χ0) is 25.5. The van der Waals surface area contributed by atoms with Gasteiger partial charge in [-0.2, -0.15) is 0 Å². The lowest BCUT2D eigenvalue weighted by atomic mass is 9.45. The van der Waals surface area contributed by atoms with Gasteiger partial charge in [0.25, 0.3) is 0 Å². The van der Waals surface area contributed by atoms with E-state index in [1.54, 1.807) is 26.8 Å². The van der Waals surface area contributed by atoms with E-state index in [2.05, 4.69) is 0 Å². The maximum Gasteiger partial charge on any atom is 0.159 e. The highest BCUT2D eigenvalue weighted by Gasteiger charge is 2.69. The predicted molar refractivity (Wildman–Crippen MR) is 127 cm³/mol. The normalized spacial score (nSPS) is 47.2. The van der Waals surface area contributed by atoms with Gasteiger partial charge in [0.15, 0.2) is 5.78 Å². The van der Waals surface area contributed by atoms with Crippen LogP contribution in [0.5, 0.6) is 0 Å². The van der Waals surface area contributed by atoms with Crippen molar-refractivity contribution in [3.05, 3.63) is 11.6 Å². The van der Waals surface area contributed by atoms with Crippen LogP contribution in [0.3, 0.4) is 0 Å². The van der Waals surface area contributed by atoms with Gasteiger partial charge in [0.1, 0.15) is 0 Å². The molecule has 0 spiro atoms. The van der Waals surface area contributed by atoms with E-state index in [-0.39, 0.29) is 36.4 Å². The number of ketones is 1. The lowest BCUT2D eigenvalue weighted by molar-refractivity contribution is -0.177. The third-order valence-electron chi connectivity index (χ3n) is 10.5. The Morgan fingerprint density at radius 2 is 1.71 bits per heavy atom. The summed E-state index contributed by atoms with van der Waals surface area (Å²) in [5.41, 5.74) is -4.27. The molecule has 0 aromatic heterocycles. The second kappa shape index (κ2) is 8.09. The number of aliphatic hydroxyl groups excluding tert-OH is 3. The molecule has 4 aliphatic carbocycles. The van der Waals surface area contributed by atoms with E-state index in [1.165, 1.54) is 0 Å². The van der Waals surface area contributed by atoms with Crippen molar-refractivity contribution in [3.63, 3.8) is 0 Å². The number of carbonyl (C=O) groups excluding carboxylic acids is 1. The Labute approximate surface area is 202 Å². The number of allylic oxidation sites excluding steroid dienone is 1. The topological polar surface area (TPSA) is 138 Å². The third kappa shape index (κ3) is 3.73. The number of fused-ring (bicyclic) bond motifs is 5. The standard InChI is InChI=1S/C27H44O7/c1-23(2,32)9-8-22(31)26(5,33)21-7-11-27(34)16-12-18(28)17-13-19(29)20(30)14-24(17,3)15(16)6-10-25(21,27)4/h12,15,17,19-22,29-34H,6-11,13-14H2,1-5H3/t15-,17+,19+,20-,21-,22+,24+,25-,26+,27+/m0/s1. The molecule has 0 heterocycles. The van der Waals surface area contributed by atoms with Crippen LogP contribution >= 0.6 is 0 Å². The minimum Gasteiger partial charge on any atom is -0.390 e. The third-order valence-corrected chi connectivity index (χ3v) is 10.5. The number of carbonyl (C=O) groups is 1. The van der Waals surface area contributed by atoms with Crippen LogP contribution in [0.4, 0.5) is 0 Å². The van der Waals surface area contributed by atoms with Gasteiger partial charge in [-0.1, -0.05) is 13.8 Å². The molecule has 0 aromatic carbocycles. The fraction of sp³-hybridized carbons (Fsp3) is 0.889. The summed E-state index contributed by atoms with van der Waals surface area (Å²) in [5, 5.41) is 65.5. The first kappa shape index (κ1) is 26.2. The fourth-order valence-corrected chi connectivity index (χ4v) is 8.32. The summed E-state index contributed by atoms with van der Waals surface area (Å²) in [6, 6.07) is 0. The fourth-order valence-electron chi connectivity index (χ4n) is 8.32. The van der Waals surface area contributed by atoms with Crippen molar-refractivity contribution in [2.24, 2.45) is 28.6 Å². The highest BCUT2D eigenvalue weighted by atomic mass is 16.3. The first-order chi connectivity index (χ1) is 15.5. The van der Waals surface area contributed by atoms with Crippen molar-refractivity contribution >= 4 is 5.78 Å². The summed E-state index contributed by atoms with van der Waals surface area (Å²) in [6.07, 6.45) is 2.11. The van der Waals surface area contributed by atoms with Gasteiger partial charge < -0.3 is 30.6 Å². The minimum absolute atomic E-state index is 0.0840. The Hall–Kier alpha value is -0.830. The van der Waals surface area contributed by atoms with Crippen LogP contribution < -0.4 is 0 Å². The van der Waals surface area contributed by atoms with Crippen molar-refractivity contribution < 1.29 is 35.4 Å². The molecule has 0 aromatic rings. The van der Waals surface area contributed by atoms with Crippen molar-refractivity contribution in [1.29, 1.82) is 0 Å². The number of hydrogen-bond acceptors (Lipinski definition) is 7. The van der Waals surface area contributed by atoms with E-state index in [0.717, 1.165) is 0 Å². The van der Waals surface area contributed by atoms with E-state index in [1.807, 2.05) is 13.8 Å². The molecule has 7 nitrogen and oxygen atoms in total. The SMILES string of the molecule is CC(C)(O)CC[C@@H](O)[C@](C)(O)[C@H]1CC[C@@]2(O)C3=CC(=O)[C@H]4C[C@@H](O)[C@@H](O)C[C@]4(C)[C@H]3CC[C@@]12C. The van der Waals surface area contributed by atoms with E-state index in [9.17, 15) is 35.4 Å². The summed E-state index contributed by atoms with van der Waals surface area (Å²) >= 11 is 0. The predicted octanol–water partition coefficient (Wildman–Crippen LogP) is 1.85. The molecule has 0 unspecified atom stereocenters. The highest BCUT2D eigenvalue weighted by molar-refractivity contribution is 5.95. The summed E-state index contributed by atoms with van der Waals surface area (Å²) in [4.78, 5) is 13.2. The van der Waals surface area contributed by atoms with Crippen LogP contribution in [0.2, 0.25) is 0 Å². The Morgan fingerprint density at radius 1 is 1.06 bits per heavy atom. The molecule has 0 saturated heterocycles. The molecule has 7 heteroatoms.